The molecule has 0 atom stereocenters. The van der Waals surface area contributed by atoms with Crippen LogP contribution in [0.1, 0.15) is 5.76 Å². The molecule has 0 radical (unpaired) electrons. The van der Waals surface area contributed by atoms with Crippen molar-refractivity contribution < 1.29 is 23.7 Å². The van der Waals surface area contributed by atoms with Gasteiger partial charge in [-0.3, -0.25) is 25.0 Å². The quantitative estimate of drug-likeness (QED) is 0.227. The standard InChI is InChI=1S/C21H11BrClN3O6/c22-11-2-1-3-12(8-11)25-20(28)16(19(27)24-21(25)29)10-14-5-7-18(32-14)15-6-4-13(26(30)31)9-17(15)23/h1-10H,(H,24,27,29)/b16-10+. The number of urea groups is 1. The first kappa shape index (κ1) is 21.5. The monoisotopic (exact) mass is 515 g/mol. The fraction of sp³-hybridized carbons (Fsp3) is 0. The summed E-state index contributed by atoms with van der Waals surface area (Å²) in [6.45, 7) is 0. The zero-order valence-electron chi connectivity index (χ0n) is 15.9. The molecule has 11 heteroatoms. The van der Waals surface area contributed by atoms with Gasteiger partial charge in [0.1, 0.15) is 17.1 Å². The van der Waals surface area contributed by atoms with Gasteiger partial charge < -0.3 is 4.42 Å². The van der Waals surface area contributed by atoms with E-state index >= 15 is 0 Å². The van der Waals surface area contributed by atoms with Crippen LogP contribution >= 0.6 is 27.5 Å². The van der Waals surface area contributed by atoms with Crippen molar-refractivity contribution in [2.75, 3.05) is 4.90 Å². The number of non-ortho nitro benzene ring substituents is 1. The van der Waals surface area contributed by atoms with Gasteiger partial charge in [0.05, 0.1) is 15.6 Å². The average molecular weight is 517 g/mol. The number of carbonyl (C=O) groups is 3. The molecule has 1 aromatic heterocycles. The third-order valence-electron chi connectivity index (χ3n) is 4.51. The van der Waals surface area contributed by atoms with Crippen LogP contribution in [0, 0.1) is 10.1 Å². The van der Waals surface area contributed by atoms with Gasteiger partial charge >= 0.3 is 6.03 Å². The highest BCUT2D eigenvalue weighted by molar-refractivity contribution is 9.10. The van der Waals surface area contributed by atoms with Crippen LogP contribution in [0.4, 0.5) is 16.2 Å². The molecule has 1 fully saturated rings. The number of barbiturate groups is 1. The van der Waals surface area contributed by atoms with Gasteiger partial charge in [0.15, 0.2) is 0 Å². The van der Waals surface area contributed by atoms with Crippen molar-refractivity contribution in [2.45, 2.75) is 0 Å². The summed E-state index contributed by atoms with van der Waals surface area (Å²) >= 11 is 9.40. The normalized spacial score (nSPS) is 15.2. The van der Waals surface area contributed by atoms with Gasteiger partial charge in [-0.05, 0) is 42.5 Å². The molecule has 0 saturated carbocycles. The Labute approximate surface area is 193 Å². The Morgan fingerprint density at radius 3 is 2.56 bits per heavy atom. The minimum atomic E-state index is -0.868. The second kappa shape index (κ2) is 8.40. The van der Waals surface area contributed by atoms with Crippen molar-refractivity contribution in [3.05, 3.63) is 85.5 Å². The van der Waals surface area contributed by atoms with E-state index < -0.39 is 22.8 Å². The largest absolute Gasteiger partial charge is 0.457 e. The Morgan fingerprint density at radius 1 is 1.09 bits per heavy atom. The number of benzene rings is 2. The Morgan fingerprint density at radius 2 is 1.88 bits per heavy atom. The first-order valence-electron chi connectivity index (χ1n) is 8.96. The van der Waals surface area contributed by atoms with Gasteiger partial charge in [0.25, 0.3) is 17.5 Å². The van der Waals surface area contributed by atoms with E-state index in [2.05, 4.69) is 21.2 Å². The van der Waals surface area contributed by atoms with Crippen molar-refractivity contribution in [1.82, 2.24) is 5.32 Å². The highest BCUT2D eigenvalue weighted by Gasteiger charge is 2.37. The molecule has 4 rings (SSSR count). The maximum atomic E-state index is 12.9. The molecule has 1 aliphatic rings. The lowest BCUT2D eigenvalue weighted by molar-refractivity contribution is -0.384. The van der Waals surface area contributed by atoms with E-state index in [9.17, 15) is 24.5 Å². The Bertz CT molecular complexity index is 1330. The Kier molecular flexibility index (Phi) is 5.64. The van der Waals surface area contributed by atoms with Crippen LogP contribution in [0.2, 0.25) is 5.02 Å². The molecule has 0 bridgehead atoms. The zero-order valence-corrected chi connectivity index (χ0v) is 18.2. The molecule has 1 saturated heterocycles. The summed E-state index contributed by atoms with van der Waals surface area (Å²) in [6.07, 6.45) is 1.21. The molecule has 2 heterocycles. The molecule has 160 valence electrons. The van der Waals surface area contributed by atoms with E-state index in [4.69, 9.17) is 16.0 Å². The van der Waals surface area contributed by atoms with Crippen LogP contribution in [0.25, 0.3) is 17.4 Å². The number of nitrogens with one attached hydrogen (secondary N) is 1. The van der Waals surface area contributed by atoms with Gasteiger partial charge in [0, 0.05) is 22.2 Å². The molecular formula is C21H11BrClN3O6. The number of nitrogens with zero attached hydrogens (tertiary/aromatic N) is 2. The fourth-order valence-electron chi connectivity index (χ4n) is 3.04. The van der Waals surface area contributed by atoms with E-state index in [1.54, 1.807) is 30.3 Å². The molecule has 2 aromatic carbocycles. The van der Waals surface area contributed by atoms with Crippen LogP contribution in [0.5, 0.6) is 0 Å². The average Bonchev–Trinajstić information content (AvgIpc) is 3.19. The van der Waals surface area contributed by atoms with E-state index in [0.29, 0.717) is 10.0 Å². The molecule has 9 nitrogen and oxygen atoms in total. The predicted molar refractivity (Wildman–Crippen MR) is 119 cm³/mol. The second-order valence-electron chi connectivity index (χ2n) is 6.56. The number of nitro benzene ring substituents is 1. The van der Waals surface area contributed by atoms with Gasteiger partial charge in [-0.25, -0.2) is 9.69 Å². The molecule has 0 spiro atoms. The summed E-state index contributed by atoms with van der Waals surface area (Å²) in [5.74, 6) is -1.25. The summed E-state index contributed by atoms with van der Waals surface area (Å²) in [7, 11) is 0. The summed E-state index contributed by atoms with van der Waals surface area (Å²) < 4.78 is 6.31. The van der Waals surface area contributed by atoms with E-state index in [1.165, 1.54) is 30.3 Å². The number of nitro groups is 1. The highest BCUT2D eigenvalue weighted by Crippen LogP contribution is 2.33. The van der Waals surface area contributed by atoms with E-state index in [-0.39, 0.29) is 33.5 Å². The van der Waals surface area contributed by atoms with Crippen molar-refractivity contribution >= 4 is 62.8 Å². The number of furan rings is 1. The summed E-state index contributed by atoms with van der Waals surface area (Å²) in [4.78, 5) is 48.7. The SMILES string of the molecule is O=C1NC(=O)N(c2cccc(Br)c2)C(=O)/C1=C/c1ccc(-c2ccc([N+](=O)[O-])cc2Cl)o1. The maximum absolute atomic E-state index is 12.9. The summed E-state index contributed by atoms with van der Waals surface area (Å²) in [5.41, 5.74) is 0.194. The number of hydrogen-bond acceptors (Lipinski definition) is 6. The number of carbonyl (C=O) groups excluding carboxylic acids is 3. The lowest BCUT2D eigenvalue weighted by atomic mass is 10.1. The summed E-state index contributed by atoms with van der Waals surface area (Å²) in [5, 5.41) is 13.1. The highest BCUT2D eigenvalue weighted by atomic mass is 79.9. The second-order valence-corrected chi connectivity index (χ2v) is 7.88. The van der Waals surface area contributed by atoms with Gasteiger partial charge in [-0.15, -0.1) is 0 Å². The molecule has 1 N–H and O–H groups in total. The number of amides is 4. The number of hydrogen-bond donors (Lipinski definition) is 1. The molecule has 4 amide bonds. The number of rotatable bonds is 4. The number of halogens is 2. The molecule has 0 unspecified atom stereocenters. The first-order chi connectivity index (χ1) is 15.2. The maximum Gasteiger partial charge on any atom is 0.335 e. The van der Waals surface area contributed by atoms with Gasteiger partial charge in [-0.1, -0.05) is 33.6 Å². The lowest BCUT2D eigenvalue weighted by Gasteiger charge is -2.26. The van der Waals surface area contributed by atoms with Gasteiger partial charge in [-0.2, -0.15) is 0 Å². The van der Waals surface area contributed by atoms with Crippen molar-refractivity contribution in [1.29, 1.82) is 0 Å². The third-order valence-corrected chi connectivity index (χ3v) is 5.32. The van der Waals surface area contributed by atoms with Crippen LogP contribution in [0.3, 0.4) is 0 Å². The van der Waals surface area contributed by atoms with Crippen molar-refractivity contribution in [3.63, 3.8) is 0 Å². The lowest BCUT2D eigenvalue weighted by Crippen LogP contribution is -2.54. The predicted octanol–water partition coefficient (Wildman–Crippen LogP) is 4.94. The molecule has 32 heavy (non-hydrogen) atoms. The number of imide groups is 2. The topological polar surface area (TPSA) is 123 Å². The van der Waals surface area contributed by atoms with E-state index in [0.717, 1.165) is 4.90 Å². The third kappa shape index (κ3) is 4.05. The summed E-state index contributed by atoms with van der Waals surface area (Å²) in [6, 6.07) is 12.6. The van der Waals surface area contributed by atoms with Crippen LogP contribution in [-0.2, 0) is 9.59 Å². The van der Waals surface area contributed by atoms with Gasteiger partial charge in [0.2, 0.25) is 0 Å². The fourth-order valence-corrected chi connectivity index (χ4v) is 3.70. The molecular weight excluding hydrogens is 506 g/mol. The molecule has 3 aromatic rings. The number of anilines is 1. The zero-order chi connectivity index (χ0) is 23.0. The van der Waals surface area contributed by atoms with Crippen molar-refractivity contribution in [2.24, 2.45) is 0 Å². The minimum Gasteiger partial charge on any atom is -0.457 e. The minimum absolute atomic E-state index is 0.102. The Hall–Kier alpha value is -3.76. The van der Waals surface area contributed by atoms with E-state index in [1.807, 2.05) is 0 Å². The first-order valence-corrected chi connectivity index (χ1v) is 10.1. The molecule has 0 aliphatic carbocycles. The van der Waals surface area contributed by atoms with Crippen LogP contribution in [0.15, 0.2) is 69.1 Å². The smallest absolute Gasteiger partial charge is 0.335 e. The Balaban J connectivity index is 1.67. The van der Waals surface area contributed by atoms with Crippen molar-refractivity contribution in [3.8, 4) is 11.3 Å². The molecule has 1 aliphatic heterocycles. The van der Waals surface area contributed by atoms with Crippen LogP contribution < -0.4 is 10.2 Å². The van der Waals surface area contributed by atoms with Crippen LogP contribution in [-0.4, -0.2) is 22.8 Å².